The van der Waals surface area contributed by atoms with Crippen LogP contribution in [0.5, 0.6) is 0 Å². The molecule has 6 heteroatoms. The average Bonchev–Trinajstić information content (AvgIpc) is 3.41. The van der Waals surface area contributed by atoms with Crippen molar-refractivity contribution >= 4 is 34.0 Å². The first-order chi connectivity index (χ1) is 13.3. The number of nitrogens with zero attached hydrogens (tertiary/aromatic N) is 3. The van der Waals surface area contributed by atoms with Gasteiger partial charge in [-0.2, -0.15) is 5.10 Å². The summed E-state index contributed by atoms with van der Waals surface area (Å²) in [5, 5.41) is 9.93. The van der Waals surface area contributed by atoms with Gasteiger partial charge in [-0.25, -0.2) is 0 Å². The number of rotatable bonds is 5. The molecule has 134 valence electrons. The highest BCUT2D eigenvalue weighted by molar-refractivity contribution is 7.71. The summed E-state index contributed by atoms with van der Waals surface area (Å²) < 4.78 is 10.4. The predicted molar refractivity (Wildman–Crippen MR) is 108 cm³/mol. The van der Waals surface area contributed by atoms with E-state index in [-0.39, 0.29) is 0 Å². The van der Waals surface area contributed by atoms with Gasteiger partial charge in [0.2, 0.25) is 0 Å². The molecule has 0 saturated heterocycles. The molecule has 0 fully saturated rings. The molecule has 1 N–H and O–H groups in total. The largest absolute Gasteiger partial charge is 0.467 e. The monoisotopic (exact) mass is 374 g/mol. The van der Waals surface area contributed by atoms with E-state index in [0.717, 1.165) is 24.6 Å². The van der Waals surface area contributed by atoms with Crippen LogP contribution in [0.1, 0.15) is 11.6 Å². The van der Waals surface area contributed by atoms with Gasteiger partial charge in [-0.1, -0.05) is 36.4 Å². The number of fused-ring (bicyclic) bond motifs is 3. The number of furan rings is 1. The number of hydrogen-bond acceptors (Lipinski definition) is 3. The van der Waals surface area contributed by atoms with Crippen molar-refractivity contribution in [2.75, 3.05) is 0 Å². The van der Waals surface area contributed by atoms with E-state index in [1.165, 1.54) is 21.8 Å². The second-order valence-electron chi connectivity index (χ2n) is 6.55. The maximum absolute atomic E-state index is 5.47. The number of aromatic amines is 1. The van der Waals surface area contributed by atoms with E-state index in [0.29, 0.717) is 11.3 Å². The number of benzene rings is 2. The zero-order valence-electron chi connectivity index (χ0n) is 14.6. The SMILES string of the molecule is S=c1[nH]nc(CCn2c3ccccc3c3ccccc32)n1Cc1ccco1. The molecule has 0 atom stereocenters. The van der Waals surface area contributed by atoms with Crippen LogP contribution in [-0.4, -0.2) is 19.3 Å². The Morgan fingerprint density at radius 1 is 0.889 bits per heavy atom. The van der Waals surface area contributed by atoms with E-state index in [4.69, 9.17) is 16.6 Å². The first kappa shape index (κ1) is 16.1. The van der Waals surface area contributed by atoms with Crippen LogP contribution in [0.4, 0.5) is 0 Å². The molecule has 0 amide bonds. The number of aromatic nitrogens is 4. The molecule has 5 rings (SSSR count). The lowest BCUT2D eigenvalue weighted by molar-refractivity contribution is 0.485. The fourth-order valence-electron chi connectivity index (χ4n) is 3.72. The topological polar surface area (TPSA) is 51.7 Å². The lowest BCUT2D eigenvalue weighted by Crippen LogP contribution is -2.09. The van der Waals surface area contributed by atoms with E-state index in [1.807, 2.05) is 16.7 Å². The van der Waals surface area contributed by atoms with Crippen molar-refractivity contribution in [3.63, 3.8) is 0 Å². The van der Waals surface area contributed by atoms with Crippen LogP contribution >= 0.6 is 12.2 Å². The molecule has 0 bridgehead atoms. The van der Waals surface area contributed by atoms with Gasteiger partial charge >= 0.3 is 0 Å². The van der Waals surface area contributed by atoms with Gasteiger partial charge in [-0.05, 0) is 36.5 Å². The van der Waals surface area contributed by atoms with Crippen molar-refractivity contribution in [1.82, 2.24) is 19.3 Å². The highest BCUT2D eigenvalue weighted by Gasteiger charge is 2.12. The van der Waals surface area contributed by atoms with Crippen LogP contribution in [-0.2, 0) is 19.5 Å². The summed E-state index contributed by atoms with van der Waals surface area (Å²) in [7, 11) is 0. The van der Waals surface area contributed by atoms with Crippen molar-refractivity contribution in [2.45, 2.75) is 19.5 Å². The fraction of sp³-hybridized carbons (Fsp3) is 0.143. The van der Waals surface area contributed by atoms with E-state index >= 15 is 0 Å². The van der Waals surface area contributed by atoms with Gasteiger partial charge < -0.3 is 8.98 Å². The lowest BCUT2D eigenvalue weighted by Gasteiger charge is -2.09. The van der Waals surface area contributed by atoms with Gasteiger partial charge in [0.05, 0.1) is 12.8 Å². The molecule has 5 aromatic rings. The summed E-state index contributed by atoms with van der Waals surface area (Å²) in [6, 6.07) is 20.9. The smallest absolute Gasteiger partial charge is 0.195 e. The Balaban J connectivity index is 1.51. The van der Waals surface area contributed by atoms with Gasteiger partial charge in [-0.15, -0.1) is 0 Å². The molecule has 0 radical (unpaired) electrons. The van der Waals surface area contributed by atoms with Crippen molar-refractivity contribution in [1.29, 1.82) is 0 Å². The Labute approximate surface area is 160 Å². The summed E-state index contributed by atoms with van der Waals surface area (Å²) in [5.74, 6) is 1.80. The molecule has 0 aliphatic carbocycles. The summed E-state index contributed by atoms with van der Waals surface area (Å²) in [5.41, 5.74) is 2.48. The Hall–Kier alpha value is -3.12. The maximum Gasteiger partial charge on any atom is 0.195 e. The third-order valence-electron chi connectivity index (χ3n) is 4.97. The molecule has 3 aromatic heterocycles. The maximum atomic E-state index is 5.47. The van der Waals surface area contributed by atoms with Crippen LogP contribution in [0.2, 0.25) is 0 Å². The minimum Gasteiger partial charge on any atom is -0.467 e. The van der Waals surface area contributed by atoms with E-state index < -0.39 is 0 Å². The molecular weight excluding hydrogens is 356 g/mol. The fourth-order valence-corrected chi connectivity index (χ4v) is 3.93. The molecular formula is C21H18N4OS. The Morgan fingerprint density at radius 2 is 1.59 bits per heavy atom. The molecule has 0 aliphatic rings. The number of H-pyrrole nitrogens is 1. The third-order valence-corrected chi connectivity index (χ3v) is 5.28. The number of nitrogens with one attached hydrogen (secondary N) is 1. The van der Waals surface area contributed by atoms with Crippen LogP contribution in [0.3, 0.4) is 0 Å². The minimum atomic E-state index is 0.588. The Kier molecular flexibility index (Phi) is 3.90. The summed E-state index contributed by atoms with van der Waals surface area (Å²) >= 11 is 5.41. The first-order valence-electron chi connectivity index (χ1n) is 8.94. The summed E-state index contributed by atoms with van der Waals surface area (Å²) in [6.45, 7) is 1.41. The number of para-hydroxylation sites is 2. The molecule has 0 saturated carbocycles. The zero-order valence-corrected chi connectivity index (χ0v) is 15.4. The summed E-state index contributed by atoms with van der Waals surface area (Å²) in [6.07, 6.45) is 2.45. The average molecular weight is 374 g/mol. The molecule has 3 heterocycles. The van der Waals surface area contributed by atoms with E-state index in [1.54, 1.807) is 6.26 Å². The Morgan fingerprint density at radius 3 is 2.26 bits per heavy atom. The van der Waals surface area contributed by atoms with Crippen LogP contribution in [0.15, 0.2) is 71.3 Å². The van der Waals surface area contributed by atoms with Crippen LogP contribution < -0.4 is 0 Å². The standard InChI is InChI=1S/C21H18N4OS/c27-21-23-22-20(25(21)14-15-6-5-13-26-15)11-12-24-18-9-3-1-7-16(18)17-8-2-4-10-19(17)24/h1-10,13H,11-12,14H2,(H,23,27). The second-order valence-corrected chi connectivity index (χ2v) is 6.93. The van der Waals surface area contributed by atoms with Gasteiger partial charge in [0.15, 0.2) is 4.77 Å². The lowest BCUT2D eigenvalue weighted by atomic mass is 10.2. The van der Waals surface area contributed by atoms with Crippen molar-refractivity contribution in [3.8, 4) is 0 Å². The first-order valence-corrected chi connectivity index (χ1v) is 9.34. The van der Waals surface area contributed by atoms with Crippen molar-refractivity contribution < 1.29 is 4.42 Å². The van der Waals surface area contributed by atoms with Crippen LogP contribution in [0, 0.1) is 4.77 Å². The zero-order chi connectivity index (χ0) is 18.2. The van der Waals surface area contributed by atoms with Crippen molar-refractivity contribution in [3.05, 3.63) is 83.3 Å². The summed E-state index contributed by atoms with van der Waals surface area (Å²) in [4.78, 5) is 0. The molecule has 0 spiro atoms. The van der Waals surface area contributed by atoms with Gasteiger partial charge in [0, 0.05) is 34.8 Å². The van der Waals surface area contributed by atoms with Gasteiger partial charge in [0.25, 0.3) is 0 Å². The van der Waals surface area contributed by atoms with Gasteiger partial charge in [-0.3, -0.25) is 9.67 Å². The normalized spacial score (nSPS) is 11.6. The quantitative estimate of drug-likeness (QED) is 0.444. The predicted octanol–water partition coefficient (Wildman–Crippen LogP) is 4.93. The Bertz CT molecular complexity index is 1220. The molecule has 2 aromatic carbocycles. The third kappa shape index (κ3) is 2.78. The second kappa shape index (κ2) is 6.55. The molecule has 27 heavy (non-hydrogen) atoms. The van der Waals surface area contributed by atoms with E-state index in [9.17, 15) is 0 Å². The minimum absolute atomic E-state index is 0.588. The molecule has 0 aliphatic heterocycles. The van der Waals surface area contributed by atoms with Crippen LogP contribution in [0.25, 0.3) is 21.8 Å². The molecule has 5 nitrogen and oxygen atoms in total. The number of hydrogen-bond donors (Lipinski definition) is 1. The highest BCUT2D eigenvalue weighted by Crippen LogP contribution is 2.28. The highest BCUT2D eigenvalue weighted by atomic mass is 32.1. The van der Waals surface area contributed by atoms with Gasteiger partial charge in [0.1, 0.15) is 11.6 Å². The van der Waals surface area contributed by atoms with E-state index in [2.05, 4.69) is 63.3 Å². The molecule has 0 unspecified atom stereocenters. The van der Waals surface area contributed by atoms with Crippen molar-refractivity contribution in [2.24, 2.45) is 0 Å². The number of aryl methyl sites for hydroxylation is 2.